The summed E-state index contributed by atoms with van der Waals surface area (Å²) in [5.41, 5.74) is 3.18. The fourth-order valence-electron chi connectivity index (χ4n) is 2.43. The van der Waals surface area contributed by atoms with Crippen molar-refractivity contribution in [3.05, 3.63) is 94.7 Å². The zero-order valence-electron chi connectivity index (χ0n) is 12.8. The van der Waals surface area contributed by atoms with Gasteiger partial charge in [0.2, 0.25) is 0 Å². The van der Waals surface area contributed by atoms with E-state index < -0.39 is 0 Å². The van der Waals surface area contributed by atoms with Gasteiger partial charge in [0.15, 0.2) is 5.11 Å². The molecule has 2 aromatic carbocycles. The largest absolute Gasteiger partial charge is 0.352 e. The van der Waals surface area contributed by atoms with Crippen LogP contribution in [0.15, 0.2) is 83.6 Å². The first-order valence-corrected chi connectivity index (χ1v) is 8.70. The van der Waals surface area contributed by atoms with Gasteiger partial charge in [-0.2, -0.15) is 0 Å². The molecule has 3 aromatic rings. The lowest BCUT2D eigenvalue weighted by atomic mass is 10.00. The number of rotatable bonds is 4. The first-order valence-electron chi connectivity index (χ1n) is 7.50. The number of thiocarbonyl (C=S) groups is 1. The van der Waals surface area contributed by atoms with Gasteiger partial charge in [0.05, 0.1) is 6.04 Å². The Morgan fingerprint density at radius 2 is 1.62 bits per heavy atom. The maximum Gasteiger partial charge on any atom is 0.171 e. The maximum absolute atomic E-state index is 5.50. The summed E-state index contributed by atoms with van der Waals surface area (Å²) < 4.78 is 1.00. The normalized spacial score (nSPS) is 11.5. The number of hydrogen-bond acceptors (Lipinski definition) is 2. The average Bonchev–Trinajstić information content (AvgIpc) is 2.61. The molecule has 24 heavy (non-hydrogen) atoms. The Kier molecular flexibility index (Phi) is 5.56. The quantitative estimate of drug-likeness (QED) is 0.612. The van der Waals surface area contributed by atoms with Gasteiger partial charge in [-0.25, -0.2) is 0 Å². The Labute approximate surface area is 155 Å². The van der Waals surface area contributed by atoms with Crippen molar-refractivity contribution in [3.8, 4) is 0 Å². The number of hydrogen-bond donors (Lipinski definition) is 2. The molecule has 0 aliphatic rings. The fourth-order valence-corrected chi connectivity index (χ4v) is 3.06. The highest BCUT2D eigenvalue weighted by Crippen LogP contribution is 2.22. The van der Waals surface area contributed by atoms with E-state index in [1.807, 2.05) is 54.6 Å². The van der Waals surface area contributed by atoms with Crippen LogP contribution in [0.1, 0.15) is 17.2 Å². The minimum absolute atomic E-state index is 0.0404. The summed E-state index contributed by atoms with van der Waals surface area (Å²) >= 11 is 8.97. The van der Waals surface area contributed by atoms with Crippen molar-refractivity contribution < 1.29 is 0 Å². The van der Waals surface area contributed by atoms with Gasteiger partial charge in [-0.15, -0.1) is 0 Å². The molecular formula is C19H16BrN3S. The van der Waals surface area contributed by atoms with Crippen molar-refractivity contribution in [2.24, 2.45) is 0 Å². The minimum atomic E-state index is -0.0404. The molecule has 5 heteroatoms. The fraction of sp³-hybridized carbons (Fsp3) is 0.0526. The molecule has 1 aromatic heterocycles. The lowest BCUT2D eigenvalue weighted by Crippen LogP contribution is -2.33. The molecule has 0 bridgehead atoms. The standard InChI is InChI=1S/C19H16BrN3S/c20-16-7-4-8-17(13-16)22-19(24)23-18(14-5-2-1-3-6-14)15-9-11-21-12-10-15/h1-13,18H,(H2,22,23,24)/t18-/m0/s1. The highest BCUT2D eigenvalue weighted by atomic mass is 79.9. The van der Waals surface area contributed by atoms with Crippen molar-refractivity contribution in [1.82, 2.24) is 10.3 Å². The molecule has 0 fully saturated rings. The third-order valence-corrected chi connectivity index (χ3v) is 4.24. The summed E-state index contributed by atoms with van der Waals surface area (Å²) in [6.45, 7) is 0. The SMILES string of the molecule is S=C(Nc1cccc(Br)c1)N[C@@H](c1ccccc1)c1ccncc1. The molecule has 120 valence electrons. The van der Waals surface area contributed by atoms with Gasteiger partial charge < -0.3 is 10.6 Å². The summed E-state index contributed by atoms with van der Waals surface area (Å²) in [5.74, 6) is 0. The second-order valence-electron chi connectivity index (χ2n) is 5.23. The van der Waals surface area contributed by atoms with Crippen LogP contribution in [-0.4, -0.2) is 10.1 Å². The van der Waals surface area contributed by atoms with Crippen molar-refractivity contribution in [2.75, 3.05) is 5.32 Å². The van der Waals surface area contributed by atoms with Gasteiger partial charge >= 0.3 is 0 Å². The van der Waals surface area contributed by atoms with E-state index in [0.717, 1.165) is 21.3 Å². The second kappa shape index (κ2) is 8.04. The molecule has 0 unspecified atom stereocenters. The predicted octanol–water partition coefficient (Wildman–Crippen LogP) is 4.92. The smallest absolute Gasteiger partial charge is 0.171 e. The van der Waals surface area contributed by atoms with E-state index in [2.05, 4.69) is 43.7 Å². The van der Waals surface area contributed by atoms with Crippen LogP contribution in [0.3, 0.4) is 0 Å². The summed E-state index contributed by atoms with van der Waals surface area (Å²) in [4.78, 5) is 4.10. The Balaban J connectivity index is 1.80. The highest BCUT2D eigenvalue weighted by molar-refractivity contribution is 9.10. The molecule has 1 heterocycles. The molecule has 0 saturated heterocycles. The summed E-state index contributed by atoms with van der Waals surface area (Å²) in [5, 5.41) is 7.19. The van der Waals surface area contributed by atoms with Crippen molar-refractivity contribution in [2.45, 2.75) is 6.04 Å². The number of aromatic nitrogens is 1. The van der Waals surface area contributed by atoms with Crippen molar-refractivity contribution >= 4 is 38.9 Å². The van der Waals surface area contributed by atoms with Gasteiger partial charge in [0.1, 0.15) is 0 Å². The number of halogens is 1. The third kappa shape index (κ3) is 4.40. The second-order valence-corrected chi connectivity index (χ2v) is 6.56. The molecule has 0 aliphatic carbocycles. The Hall–Kier alpha value is -2.24. The Morgan fingerprint density at radius 1 is 0.917 bits per heavy atom. The van der Waals surface area contributed by atoms with Gasteiger partial charge in [0, 0.05) is 22.6 Å². The zero-order valence-corrected chi connectivity index (χ0v) is 15.2. The zero-order chi connectivity index (χ0) is 16.8. The van der Waals surface area contributed by atoms with Gasteiger partial charge in [-0.3, -0.25) is 4.98 Å². The summed E-state index contributed by atoms with van der Waals surface area (Å²) in [6.07, 6.45) is 3.58. The van der Waals surface area contributed by atoms with Crippen LogP contribution in [-0.2, 0) is 0 Å². The van der Waals surface area contributed by atoms with E-state index in [1.54, 1.807) is 12.4 Å². The molecule has 1 atom stereocenters. The summed E-state index contributed by atoms with van der Waals surface area (Å²) in [6, 6.07) is 22.1. The highest BCUT2D eigenvalue weighted by Gasteiger charge is 2.15. The Morgan fingerprint density at radius 3 is 2.33 bits per heavy atom. The predicted molar refractivity (Wildman–Crippen MR) is 106 cm³/mol. The number of benzene rings is 2. The minimum Gasteiger partial charge on any atom is -0.352 e. The van der Waals surface area contributed by atoms with E-state index in [0.29, 0.717) is 5.11 Å². The van der Waals surface area contributed by atoms with E-state index in [-0.39, 0.29) is 6.04 Å². The van der Waals surface area contributed by atoms with Crippen LogP contribution in [0, 0.1) is 0 Å². The van der Waals surface area contributed by atoms with E-state index in [1.165, 1.54) is 0 Å². The van der Waals surface area contributed by atoms with E-state index in [9.17, 15) is 0 Å². The molecular weight excluding hydrogens is 382 g/mol. The first kappa shape index (κ1) is 16.6. The number of pyridine rings is 1. The number of anilines is 1. The number of nitrogens with zero attached hydrogens (tertiary/aromatic N) is 1. The van der Waals surface area contributed by atoms with Crippen LogP contribution < -0.4 is 10.6 Å². The lowest BCUT2D eigenvalue weighted by Gasteiger charge is -2.22. The van der Waals surface area contributed by atoms with E-state index in [4.69, 9.17) is 12.2 Å². The maximum atomic E-state index is 5.50. The molecule has 0 amide bonds. The molecule has 2 N–H and O–H groups in total. The molecule has 0 radical (unpaired) electrons. The van der Waals surface area contributed by atoms with Crippen LogP contribution in [0.4, 0.5) is 5.69 Å². The van der Waals surface area contributed by atoms with Gasteiger partial charge in [-0.05, 0) is 53.7 Å². The molecule has 0 aliphatic heterocycles. The van der Waals surface area contributed by atoms with Crippen LogP contribution in [0.2, 0.25) is 0 Å². The molecule has 0 spiro atoms. The number of nitrogens with one attached hydrogen (secondary N) is 2. The average molecular weight is 398 g/mol. The van der Waals surface area contributed by atoms with Gasteiger partial charge in [-0.1, -0.05) is 52.3 Å². The summed E-state index contributed by atoms with van der Waals surface area (Å²) in [7, 11) is 0. The molecule has 3 nitrogen and oxygen atoms in total. The van der Waals surface area contributed by atoms with Crippen LogP contribution in [0.5, 0.6) is 0 Å². The van der Waals surface area contributed by atoms with E-state index >= 15 is 0 Å². The lowest BCUT2D eigenvalue weighted by molar-refractivity contribution is 0.767. The van der Waals surface area contributed by atoms with Crippen molar-refractivity contribution in [1.29, 1.82) is 0 Å². The monoisotopic (exact) mass is 397 g/mol. The first-order chi connectivity index (χ1) is 11.7. The molecule has 3 rings (SSSR count). The molecule has 0 saturated carbocycles. The van der Waals surface area contributed by atoms with Crippen LogP contribution in [0.25, 0.3) is 0 Å². The Bertz CT molecular complexity index is 770. The van der Waals surface area contributed by atoms with Crippen LogP contribution >= 0.6 is 28.1 Å². The van der Waals surface area contributed by atoms with Crippen molar-refractivity contribution in [3.63, 3.8) is 0 Å². The topological polar surface area (TPSA) is 37.0 Å². The third-order valence-electron chi connectivity index (χ3n) is 3.53. The van der Waals surface area contributed by atoms with Gasteiger partial charge in [0.25, 0.3) is 0 Å².